The Hall–Kier alpha value is -1.32. The standard InChI is InChI=1S/C15H16O2S/c1-10-11(7-9-18-10)15(16)13-6-8-17-14-5-3-2-4-12(13)14/h2-5,7,9,13,15-16H,6,8H2,1H3. The maximum absolute atomic E-state index is 10.6. The van der Waals surface area contributed by atoms with Gasteiger partial charge in [0.25, 0.3) is 0 Å². The van der Waals surface area contributed by atoms with E-state index in [9.17, 15) is 5.11 Å². The third-order valence-corrected chi connectivity index (χ3v) is 4.47. The van der Waals surface area contributed by atoms with E-state index in [0.717, 1.165) is 23.3 Å². The van der Waals surface area contributed by atoms with Crippen LogP contribution in [0.2, 0.25) is 0 Å². The predicted molar refractivity (Wildman–Crippen MR) is 73.3 cm³/mol. The second kappa shape index (κ2) is 4.75. The van der Waals surface area contributed by atoms with E-state index >= 15 is 0 Å². The smallest absolute Gasteiger partial charge is 0.122 e. The van der Waals surface area contributed by atoms with E-state index in [-0.39, 0.29) is 5.92 Å². The van der Waals surface area contributed by atoms with Crippen LogP contribution in [0.3, 0.4) is 0 Å². The molecule has 3 rings (SSSR count). The zero-order chi connectivity index (χ0) is 12.5. The van der Waals surface area contributed by atoms with Crippen LogP contribution in [0.4, 0.5) is 0 Å². The maximum Gasteiger partial charge on any atom is 0.122 e. The second-order valence-corrected chi connectivity index (χ2v) is 5.78. The minimum atomic E-state index is -0.429. The molecule has 0 saturated heterocycles. The van der Waals surface area contributed by atoms with E-state index in [1.807, 2.05) is 29.6 Å². The summed E-state index contributed by atoms with van der Waals surface area (Å²) in [4.78, 5) is 1.20. The summed E-state index contributed by atoms with van der Waals surface area (Å²) in [7, 11) is 0. The van der Waals surface area contributed by atoms with Crippen LogP contribution in [0.1, 0.15) is 34.4 Å². The number of aliphatic hydroxyl groups is 1. The molecule has 1 N–H and O–H groups in total. The molecule has 0 radical (unpaired) electrons. The molecular formula is C15H16O2S. The summed E-state index contributed by atoms with van der Waals surface area (Å²) in [6, 6.07) is 10.1. The summed E-state index contributed by atoms with van der Waals surface area (Å²) < 4.78 is 5.64. The summed E-state index contributed by atoms with van der Waals surface area (Å²) in [6.07, 6.45) is 0.439. The van der Waals surface area contributed by atoms with Crippen molar-refractivity contribution in [2.75, 3.05) is 6.61 Å². The highest BCUT2D eigenvalue weighted by molar-refractivity contribution is 7.10. The number of hydrogen-bond acceptors (Lipinski definition) is 3. The molecule has 0 aliphatic carbocycles. The maximum atomic E-state index is 10.6. The molecule has 1 aromatic carbocycles. The summed E-state index contributed by atoms with van der Waals surface area (Å²) in [6.45, 7) is 2.75. The van der Waals surface area contributed by atoms with Crippen molar-refractivity contribution in [2.45, 2.75) is 25.4 Å². The van der Waals surface area contributed by atoms with Gasteiger partial charge in [0.2, 0.25) is 0 Å². The van der Waals surface area contributed by atoms with Gasteiger partial charge in [-0.15, -0.1) is 11.3 Å². The summed E-state index contributed by atoms with van der Waals surface area (Å²) in [5.74, 6) is 1.06. The monoisotopic (exact) mass is 260 g/mol. The van der Waals surface area contributed by atoms with Crippen molar-refractivity contribution in [2.24, 2.45) is 0 Å². The molecule has 3 heteroatoms. The van der Waals surface area contributed by atoms with Crippen LogP contribution < -0.4 is 4.74 Å². The van der Waals surface area contributed by atoms with Gasteiger partial charge in [-0.3, -0.25) is 0 Å². The van der Waals surface area contributed by atoms with Gasteiger partial charge in [0.15, 0.2) is 0 Å². The first kappa shape index (κ1) is 11.8. The van der Waals surface area contributed by atoms with E-state index in [2.05, 4.69) is 13.0 Å². The fourth-order valence-electron chi connectivity index (χ4n) is 2.62. The lowest BCUT2D eigenvalue weighted by Crippen LogP contribution is -2.20. The lowest BCUT2D eigenvalue weighted by atomic mass is 9.85. The zero-order valence-electron chi connectivity index (χ0n) is 10.3. The van der Waals surface area contributed by atoms with Gasteiger partial charge < -0.3 is 9.84 Å². The molecule has 1 aliphatic rings. The fourth-order valence-corrected chi connectivity index (χ4v) is 3.36. The first-order valence-corrected chi connectivity index (χ1v) is 7.09. The van der Waals surface area contributed by atoms with Gasteiger partial charge in [-0.25, -0.2) is 0 Å². The summed E-state index contributed by atoms with van der Waals surface area (Å²) in [5, 5.41) is 12.7. The molecule has 2 atom stereocenters. The highest BCUT2D eigenvalue weighted by Gasteiger charge is 2.29. The molecule has 0 saturated carbocycles. The number of para-hydroxylation sites is 1. The van der Waals surface area contributed by atoms with Crippen LogP contribution in [-0.2, 0) is 0 Å². The molecule has 2 aromatic rings. The molecule has 0 bridgehead atoms. The van der Waals surface area contributed by atoms with Crippen LogP contribution in [0.5, 0.6) is 5.75 Å². The average Bonchev–Trinajstić information content (AvgIpc) is 2.83. The Morgan fingerprint density at radius 2 is 2.17 bits per heavy atom. The minimum absolute atomic E-state index is 0.142. The lowest BCUT2D eigenvalue weighted by Gasteiger charge is -2.29. The molecule has 1 aromatic heterocycles. The third kappa shape index (κ3) is 1.93. The molecule has 0 fully saturated rings. The van der Waals surface area contributed by atoms with E-state index < -0.39 is 6.10 Å². The van der Waals surface area contributed by atoms with Crippen molar-refractivity contribution in [1.29, 1.82) is 0 Å². The number of ether oxygens (including phenoxy) is 1. The van der Waals surface area contributed by atoms with Gasteiger partial charge in [0.1, 0.15) is 5.75 Å². The van der Waals surface area contributed by atoms with Crippen LogP contribution in [-0.4, -0.2) is 11.7 Å². The predicted octanol–water partition coefficient (Wildman–Crippen LogP) is 3.66. The van der Waals surface area contributed by atoms with Crippen molar-refractivity contribution in [1.82, 2.24) is 0 Å². The Morgan fingerprint density at radius 3 is 2.94 bits per heavy atom. The number of benzene rings is 1. The number of thiophene rings is 1. The molecular weight excluding hydrogens is 244 g/mol. The number of rotatable bonds is 2. The van der Waals surface area contributed by atoms with Gasteiger partial charge in [0.05, 0.1) is 12.7 Å². The highest BCUT2D eigenvalue weighted by atomic mass is 32.1. The van der Waals surface area contributed by atoms with Crippen molar-refractivity contribution < 1.29 is 9.84 Å². The van der Waals surface area contributed by atoms with Crippen molar-refractivity contribution in [3.63, 3.8) is 0 Å². The number of aliphatic hydroxyl groups excluding tert-OH is 1. The van der Waals surface area contributed by atoms with E-state index in [0.29, 0.717) is 6.61 Å². The fraction of sp³-hybridized carbons (Fsp3) is 0.333. The van der Waals surface area contributed by atoms with Crippen molar-refractivity contribution in [3.05, 3.63) is 51.7 Å². The van der Waals surface area contributed by atoms with Gasteiger partial charge in [-0.05, 0) is 36.4 Å². The van der Waals surface area contributed by atoms with Crippen LogP contribution in [0.25, 0.3) is 0 Å². The van der Waals surface area contributed by atoms with Crippen LogP contribution >= 0.6 is 11.3 Å². The van der Waals surface area contributed by atoms with E-state index in [1.54, 1.807) is 11.3 Å². The number of hydrogen-bond donors (Lipinski definition) is 1. The number of fused-ring (bicyclic) bond motifs is 1. The van der Waals surface area contributed by atoms with Crippen molar-refractivity contribution >= 4 is 11.3 Å². The van der Waals surface area contributed by atoms with E-state index in [4.69, 9.17) is 4.74 Å². The van der Waals surface area contributed by atoms with E-state index in [1.165, 1.54) is 4.88 Å². The molecule has 0 amide bonds. The van der Waals surface area contributed by atoms with Crippen molar-refractivity contribution in [3.8, 4) is 5.75 Å². The molecule has 18 heavy (non-hydrogen) atoms. The zero-order valence-corrected chi connectivity index (χ0v) is 11.1. The topological polar surface area (TPSA) is 29.5 Å². The Kier molecular flexibility index (Phi) is 3.10. The van der Waals surface area contributed by atoms with Crippen LogP contribution in [0, 0.1) is 6.92 Å². The minimum Gasteiger partial charge on any atom is -0.493 e. The molecule has 1 aliphatic heterocycles. The van der Waals surface area contributed by atoms with Gasteiger partial charge >= 0.3 is 0 Å². The Labute approximate surface area is 111 Å². The highest BCUT2D eigenvalue weighted by Crippen LogP contribution is 2.42. The molecule has 2 heterocycles. The quantitative estimate of drug-likeness (QED) is 0.893. The Bertz CT molecular complexity index is 547. The van der Waals surface area contributed by atoms with Gasteiger partial charge in [0, 0.05) is 16.4 Å². The summed E-state index contributed by atoms with van der Waals surface area (Å²) >= 11 is 1.69. The Morgan fingerprint density at radius 1 is 1.33 bits per heavy atom. The number of aryl methyl sites for hydroxylation is 1. The second-order valence-electron chi connectivity index (χ2n) is 4.66. The summed E-state index contributed by atoms with van der Waals surface area (Å²) in [5.41, 5.74) is 2.18. The van der Waals surface area contributed by atoms with Crippen LogP contribution in [0.15, 0.2) is 35.7 Å². The normalized spacial score (nSPS) is 20.0. The third-order valence-electron chi connectivity index (χ3n) is 3.60. The molecule has 2 nitrogen and oxygen atoms in total. The average molecular weight is 260 g/mol. The first-order valence-electron chi connectivity index (χ1n) is 6.21. The molecule has 2 unspecified atom stereocenters. The molecule has 0 spiro atoms. The first-order chi connectivity index (χ1) is 8.77. The SMILES string of the molecule is Cc1sccc1C(O)C1CCOc2ccccc21. The Balaban J connectivity index is 1.97. The lowest BCUT2D eigenvalue weighted by molar-refractivity contribution is 0.117. The van der Waals surface area contributed by atoms with Gasteiger partial charge in [-0.2, -0.15) is 0 Å². The van der Waals surface area contributed by atoms with Gasteiger partial charge in [-0.1, -0.05) is 18.2 Å². The largest absolute Gasteiger partial charge is 0.493 e. The molecule has 94 valence electrons.